The number of para-hydroxylation sites is 1. The van der Waals surface area contributed by atoms with Crippen molar-refractivity contribution in [3.63, 3.8) is 0 Å². The second-order valence-electron chi connectivity index (χ2n) is 6.59. The Hall–Kier alpha value is -2.74. The lowest BCUT2D eigenvalue weighted by Gasteiger charge is -2.34. The Bertz CT molecular complexity index is 929. The van der Waals surface area contributed by atoms with Crippen LogP contribution in [0.15, 0.2) is 54.5 Å². The SMILES string of the molecule is CCN1C=C(C(=O)NCCc2ccncc2)C(C=S)c2cccc(C(F)(F)F)c21. The van der Waals surface area contributed by atoms with Gasteiger partial charge in [-0.3, -0.25) is 9.78 Å². The van der Waals surface area contributed by atoms with Gasteiger partial charge in [-0.25, -0.2) is 0 Å². The summed E-state index contributed by atoms with van der Waals surface area (Å²) in [6, 6.07) is 7.72. The van der Waals surface area contributed by atoms with E-state index in [-0.39, 0.29) is 18.1 Å². The second kappa shape index (κ2) is 8.73. The summed E-state index contributed by atoms with van der Waals surface area (Å²) in [7, 11) is 0. The molecule has 0 spiro atoms. The number of hydrogen-bond donors (Lipinski definition) is 1. The molecule has 1 aliphatic rings. The zero-order chi connectivity index (χ0) is 21.0. The van der Waals surface area contributed by atoms with Gasteiger partial charge in [0.1, 0.15) is 0 Å². The van der Waals surface area contributed by atoms with Crippen molar-refractivity contribution < 1.29 is 18.0 Å². The lowest BCUT2D eigenvalue weighted by molar-refractivity contribution is -0.137. The molecule has 2 aromatic rings. The number of carbonyl (C=O) groups excluding carboxylic acids is 1. The third kappa shape index (κ3) is 4.48. The first kappa shape index (κ1) is 21.0. The highest BCUT2D eigenvalue weighted by molar-refractivity contribution is 7.79. The molecule has 0 saturated carbocycles. The number of halogens is 3. The molecule has 1 aromatic carbocycles. The first-order valence-corrected chi connectivity index (χ1v) is 9.64. The number of nitrogens with zero attached hydrogens (tertiary/aromatic N) is 2. The van der Waals surface area contributed by atoms with E-state index in [2.05, 4.69) is 10.3 Å². The van der Waals surface area contributed by atoms with Gasteiger partial charge in [0.25, 0.3) is 0 Å². The van der Waals surface area contributed by atoms with E-state index in [0.29, 0.717) is 24.1 Å². The van der Waals surface area contributed by atoms with Gasteiger partial charge in [0.05, 0.1) is 11.3 Å². The summed E-state index contributed by atoms with van der Waals surface area (Å²) in [6.07, 6.45) is 0.959. The molecule has 1 atom stereocenters. The van der Waals surface area contributed by atoms with Crippen LogP contribution in [0.1, 0.15) is 29.5 Å². The van der Waals surface area contributed by atoms with Gasteiger partial charge in [0.2, 0.25) is 5.91 Å². The molecule has 29 heavy (non-hydrogen) atoms. The van der Waals surface area contributed by atoms with Crippen molar-refractivity contribution in [2.45, 2.75) is 25.4 Å². The van der Waals surface area contributed by atoms with Crippen molar-refractivity contribution in [3.8, 4) is 0 Å². The quantitative estimate of drug-likeness (QED) is 0.711. The topological polar surface area (TPSA) is 45.2 Å². The average Bonchev–Trinajstić information content (AvgIpc) is 2.72. The molecule has 1 N–H and O–H groups in total. The number of hydrogen-bond acceptors (Lipinski definition) is 4. The van der Waals surface area contributed by atoms with E-state index in [1.165, 1.54) is 22.5 Å². The van der Waals surface area contributed by atoms with Crippen LogP contribution in [-0.4, -0.2) is 29.3 Å². The molecule has 0 radical (unpaired) electrons. The number of benzene rings is 1. The largest absolute Gasteiger partial charge is 0.418 e. The van der Waals surface area contributed by atoms with E-state index in [4.69, 9.17) is 12.2 Å². The number of fused-ring (bicyclic) bond motifs is 1. The second-order valence-corrected chi connectivity index (χ2v) is 6.86. The van der Waals surface area contributed by atoms with Crippen LogP contribution in [0, 0.1) is 0 Å². The number of carbonyl (C=O) groups is 1. The summed E-state index contributed by atoms with van der Waals surface area (Å²) < 4.78 is 40.6. The van der Waals surface area contributed by atoms with E-state index in [0.717, 1.165) is 11.6 Å². The predicted molar refractivity (Wildman–Crippen MR) is 110 cm³/mol. The number of amides is 1. The van der Waals surface area contributed by atoms with Gasteiger partial charge in [0, 0.05) is 43.2 Å². The van der Waals surface area contributed by atoms with Gasteiger partial charge in [-0.1, -0.05) is 24.4 Å². The predicted octanol–water partition coefficient (Wildman–Crippen LogP) is 4.27. The van der Waals surface area contributed by atoms with E-state index in [1.54, 1.807) is 25.4 Å². The van der Waals surface area contributed by atoms with Crippen LogP contribution in [0.25, 0.3) is 0 Å². The third-order valence-electron chi connectivity index (χ3n) is 4.81. The van der Waals surface area contributed by atoms with Gasteiger partial charge >= 0.3 is 6.18 Å². The summed E-state index contributed by atoms with van der Waals surface area (Å²) in [5.74, 6) is -1.03. The highest BCUT2D eigenvalue weighted by Crippen LogP contribution is 2.44. The zero-order valence-electron chi connectivity index (χ0n) is 15.7. The Kier molecular flexibility index (Phi) is 6.32. The Balaban J connectivity index is 1.87. The highest BCUT2D eigenvalue weighted by Gasteiger charge is 2.39. The van der Waals surface area contributed by atoms with Crippen LogP contribution in [0.5, 0.6) is 0 Å². The van der Waals surface area contributed by atoms with Gasteiger partial charge in [-0.15, -0.1) is 0 Å². The monoisotopic (exact) mass is 419 g/mol. The van der Waals surface area contributed by atoms with Crippen molar-refractivity contribution in [1.82, 2.24) is 10.3 Å². The summed E-state index contributed by atoms with van der Waals surface area (Å²) in [4.78, 5) is 18.2. The van der Waals surface area contributed by atoms with Crippen molar-refractivity contribution in [3.05, 3.63) is 71.2 Å². The molecule has 0 saturated heterocycles. The molecule has 0 fully saturated rings. The minimum absolute atomic E-state index is 0.0573. The number of aromatic nitrogens is 1. The van der Waals surface area contributed by atoms with E-state index in [9.17, 15) is 18.0 Å². The number of nitrogens with one attached hydrogen (secondary N) is 1. The van der Waals surface area contributed by atoms with Gasteiger partial charge in [-0.2, -0.15) is 13.2 Å². The maximum atomic E-state index is 13.5. The minimum atomic E-state index is -4.50. The summed E-state index contributed by atoms with van der Waals surface area (Å²) in [5.41, 5.74) is 1.08. The summed E-state index contributed by atoms with van der Waals surface area (Å²) in [6.45, 7) is 2.42. The van der Waals surface area contributed by atoms with Crippen LogP contribution < -0.4 is 10.2 Å². The lowest BCUT2D eigenvalue weighted by atomic mass is 9.86. The molecule has 2 heterocycles. The molecule has 0 bridgehead atoms. The maximum Gasteiger partial charge on any atom is 0.418 e. The standard InChI is InChI=1S/C21H20F3N3OS/c1-2-27-12-16(20(28)26-11-8-14-6-9-25-10-7-14)17(13-29)15-4-3-5-18(19(15)27)21(22,23)24/h3-7,9-10,12-13,17H,2,8,11H2,1H3,(H,26,28). The number of rotatable bonds is 6. The first-order valence-electron chi connectivity index (χ1n) is 9.17. The lowest BCUT2D eigenvalue weighted by Crippen LogP contribution is -2.35. The fraction of sp³-hybridized carbons (Fsp3) is 0.286. The number of pyridine rings is 1. The molecular formula is C21H20F3N3OS. The van der Waals surface area contributed by atoms with Crippen LogP contribution in [0.4, 0.5) is 18.9 Å². The Morgan fingerprint density at radius 3 is 2.62 bits per heavy atom. The van der Waals surface area contributed by atoms with Crippen molar-refractivity contribution in [2.75, 3.05) is 18.0 Å². The average molecular weight is 419 g/mol. The van der Waals surface area contributed by atoms with Crippen molar-refractivity contribution >= 4 is 29.2 Å². The number of alkyl halides is 3. The molecule has 1 aliphatic heterocycles. The van der Waals surface area contributed by atoms with Crippen LogP contribution in [0.2, 0.25) is 0 Å². The van der Waals surface area contributed by atoms with E-state index < -0.39 is 17.7 Å². The van der Waals surface area contributed by atoms with Crippen LogP contribution in [0.3, 0.4) is 0 Å². The molecule has 1 amide bonds. The molecule has 152 valence electrons. The first-order chi connectivity index (χ1) is 13.9. The maximum absolute atomic E-state index is 13.5. The molecule has 1 unspecified atom stereocenters. The normalized spacial score (nSPS) is 16.1. The van der Waals surface area contributed by atoms with Gasteiger partial charge in [0.15, 0.2) is 0 Å². The third-order valence-corrected chi connectivity index (χ3v) is 5.08. The number of anilines is 1. The minimum Gasteiger partial charge on any atom is -0.352 e. The summed E-state index contributed by atoms with van der Waals surface area (Å²) in [5, 5.41) is 4.19. The highest BCUT2D eigenvalue weighted by atomic mass is 32.1. The molecule has 0 aliphatic carbocycles. The van der Waals surface area contributed by atoms with Crippen molar-refractivity contribution in [1.29, 1.82) is 0 Å². The smallest absolute Gasteiger partial charge is 0.352 e. The molecule has 8 heteroatoms. The van der Waals surface area contributed by atoms with E-state index in [1.807, 2.05) is 12.1 Å². The molecule has 4 nitrogen and oxygen atoms in total. The van der Waals surface area contributed by atoms with Crippen LogP contribution >= 0.6 is 12.2 Å². The molecule has 3 rings (SSSR count). The zero-order valence-corrected chi connectivity index (χ0v) is 16.6. The van der Waals surface area contributed by atoms with Gasteiger partial charge in [-0.05, 0) is 48.0 Å². The Morgan fingerprint density at radius 2 is 2.00 bits per heavy atom. The van der Waals surface area contributed by atoms with Crippen molar-refractivity contribution in [2.24, 2.45) is 0 Å². The summed E-state index contributed by atoms with van der Waals surface area (Å²) >= 11 is 5.09. The molecular weight excluding hydrogens is 399 g/mol. The Labute approximate surface area is 172 Å². The number of thiocarbonyl (C=S) groups is 1. The van der Waals surface area contributed by atoms with Crippen LogP contribution in [-0.2, 0) is 17.4 Å². The fourth-order valence-electron chi connectivity index (χ4n) is 3.41. The fourth-order valence-corrected chi connectivity index (χ4v) is 3.70. The molecule has 1 aromatic heterocycles. The van der Waals surface area contributed by atoms with E-state index >= 15 is 0 Å². The Morgan fingerprint density at radius 1 is 1.28 bits per heavy atom. The van der Waals surface area contributed by atoms with Gasteiger partial charge < -0.3 is 10.2 Å².